The number of anilines is 2. The summed E-state index contributed by atoms with van der Waals surface area (Å²) < 4.78 is 34.1. The summed E-state index contributed by atoms with van der Waals surface area (Å²) in [5, 5.41) is 3.79. The van der Waals surface area contributed by atoms with E-state index < -0.39 is 10.0 Å². The SMILES string of the molecule is CCc1ccccc1NC(=O)c1cc2cc(N(C)S(=O)(=O)c3cc(C)ccc3OC)ccc2s1. The highest BCUT2D eigenvalue weighted by atomic mass is 32.2. The second-order valence-corrected chi connectivity index (χ2v) is 10.9. The fourth-order valence-corrected chi connectivity index (χ4v) is 6.11. The number of para-hydroxylation sites is 1. The fourth-order valence-electron chi connectivity index (χ4n) is 3.74. The maximum Gasteiger partial charge on any atom is 0.267 e. The van der Waals surface area contributed by atoms with Crippen LogP contribution in [0.2, 0.25) is 0 Å². The third-order valence-electron chi connectivity index (χ3n) is 5.69. The van der Waals surface area contributed by atoms with Gasteiger partial charge in [-0.25, -0.2) is 8.42 Å². The van der Waals surface area contributed by atoms with Gasteiger partial charge in [0.2, 0.25) is 0 Å². The highest BCUT2D eigenvalue weighted by Gasteiger charge is 2.26. The van der Waals surface area contributed by atoms with Crippen molar-refractivity contribution in [2.24, 2.45) is 0 Å². The van der Waals surface area contributed by atoms with E-state index >= 15 is 0 Å². The molecule has 0 aliphatic rings. The Morgan fingerprint density at radius 3 is 2.56 bits per heavy atom. The maximum atomic E-state index is 13.4. The topological polar surface area (TPSA) is 75.7 Å². The van der Waals surface area contributed by atoms with Crippen molar-refractivity contribution in [1.29, 1.82) is 0 Å². The maximum absolute atomic E-state index is 13.4. The average Bonchev–Trinajstić information content (AvgIpc) is 3.27. The van der Waals surface area contributed by atoms with Crippen LogP contribution < -0.4 is 14.4 Å². The highest BCUT2D eigenvalue weighted by Crippen LogP contribution is 2.34. The van der Waals surface area contributed by atoms with E-state index in [1.165, 1.54) is 29.8 Å². The van der Waals surface area contributed by atoms with Crippen molar-refractivity contribution in [2.75, 3.05) is 23.8 Å². The molecule has 176 valence electrons. The molecule has 1 heterocycles. The summed E-state index contributed by atoms with van der Waals surface area (Å²) in [5.74, 6) is 0.106. The van der Waals surface area contributed by atoms with E-state index in [9.17, 15) is 13.2 Å². The number of fused-ring (bicyclic) bond motifs is 1. The minimum Gasteiger partial charge on any atom is -0.495 e. The van der Waals surface area contributed by atoms with Crippen LogP contribution in [0.3, 0.4) is 0 Å². The molecule has 0 aliphatic carbocycles. The first-order chi connectivity index (χ1) is 16.2. The molecule has 1 amide bonds. The van der Waals surface area contributed by atoms with Gasteiger partial charge in [-0.05, 0) is 72.3 Å². The second kappa shape index (κ2) is 9.48. The molecule has 1 aromatic heterocycles. The number of nitrogens with one attached hydrogen (secondary N) is 1. The number of hydrogen-bond donors (Lipinski definition) is 1. The van der Waals surface area contributed by atoms with Crippen molar-refractivity contribution in [2.45, 2.75) is 25.2 Å². The van der Waals surface area contributed by atoms with Crippen LogP contribution >= 0.6 is 11.3 Å². The number of thiophene rings is 1. The lowest BCUT2D eigenvalue weighted by molar-refractivity contribution is 0.103. The number of methoxy groups -OCH3 is 1. The van der Waals surface area contributed by atoms with Gasteiger partial charge in [0, 0.05) is 17.4 Å². The Balaban J connectivity index is 1.64. The van der Waals surface area contributed by atoms with Gasteiger partial charge in [-0.2, -0.15) is 0 Å². The van der Waals surface area contributed by atoms with Crippen LogP contribution in [0.25, 0.3) is 10.1 Å². The highest BCUT2D eigenvalue weighted by molar-refractivity contribution is 7.93. The molecular weight excluding hydrogens is 468 g/mol. The molecule has 0 fully saturated rings. The first-order valence-electron chi connectivity index (χ1n) is 10.8. The number of ether oxygens (including phenoxy) is 1. The summed E-state index contributed by atoms with van der Waals surface area (Å²) in [5.41, 5.74) is 3.18. The van der Waals surface area contributed by atoms with E-state index in [1.807, 2.05) is 44.2 Å². The molecule has 0 spiro atoms. The monoisotopic (exact) mass is 494 g/mol. The molecule has 6 nitrogen and oxygen atoms in total. The zero-order valence-electron chi connectivity index (χ0n) is 19.5. The second-order valence-electron chi connectivity index (χ2n) is 7.92. The normalized spacial score (nSPS) is 11.4. The molecule has 1 N–H and O–H groups in total. The van der Waals surface area contributed by atoms with Crippen molar-refractivity contribution in [3.05, 3.63) is 82.7 Å². The lowest BCUT2D eigenvalue weighted by Crippen LogP contribution is -2.27. The van der Waals surface area contributed by atoms with Crippen molar-refractivity contribution < 1.29 is 17.9 Å². The predicted octanol–water partition coefficient (Wildman–Crippen LogP) is 5.86. The Labute approximate surface area is 203 Å². The Hall–Kier alpha value is -3.36. The van der Waals surface area contributed by atoms with E-state index in [-0.39, 0.29) is 10.8 Å². The third kappa shape index (κ3) is 4.51. The van der Waals surface area contributed by atoms with E-state index in [2.05, 4.69) is 5.32 Å². The van der Waals surface area contributed by atoms with Gasteiger partial charge in [-0.1, -0.05) is 31.2 Å². The minimum absolute atomic E-state index is 0.109. The summed E-state index contributed by atoms with van der Waals surface area (Å²) in [6.07, 6.45) is 0.818. The first-order valence-corrected chi connectivity index (χ1v) is 13.1. The largest absolute Gasteiger partial charge is 0.495 e. The Kier molecular flexibility index (Phi) is 6.63. The van der Waals surface area contributed by atoms with Gasteiger partial charge in [0.1, 0.15) is 10.6 Å². The first kappa shape index (κ1) is 23.8. The van der Waals surface area contributed by atoms with Crippen LogP contribution in [-0.4, -0.2) is 28.5 Å². The van der Waals surface area contributed by atoms with Crippen molar-refractivity contribution in [3.63, 3.8) is 0 Å². The van der Waals surface area contributed by atoms with E-state index in [1.54, 1.807) is 36.4 Å². The number of hydrogen-bond acceptors (Lipinski definition) is 5. The van der Waals surface area contributed by atoms with Crippen molar-refractivity contribution >= 4 is 48.7 Å². The molecule has 4 rings (SSSR count). The number of amides is 1. The standard InChI is InChI=1S/C26H26N2O4S2/c1-5-18-8-6-7-9-21(18)27-26(29)24-16-19-15-20(11-13-23(19)33-24)28(3)34(30,31)25-14-17(2)10-12-22(25)32-4/h6-16H,5H2,1-4H3,(H,27,29). The van der Waals surface area contributed by atoms with Crippen LogP contribution in [-0.2, 0) is 16.4 Å². The van der Waals surface area contributed by atoms with Gasteiger partial charge >= 0.3 is 0 Å². The number of nitrogens with zero attached hydrogens (tertiary/aromatic N) is 1. The molecule has 0 aliphatic heterocycles. The average molecular weight is 495 g/mol. The van der Waals surface area contributed by atoms with Crippen LogP contribution in [0.4, 0.5) is 11.4 Å². The molecule has 0 atom stereocenters. The zero-order valence-corrected chi connectivity index (χ0v) is 21.1. The number of rotatable bonds is 7. The van der Waals surface area contributed by atoms with Crippen LogP contribution in [0.5, 0.6) is 5.75 Å². The van der Waals surface area contributed by atoms with E-state index in [0.717, 1.165) is 33.3 Å². The smallest absolute Gasteiger partial charge is 0.267 e. The molecular formula is C26H26N2O4S2. The Morgan fingerprint density at radius 2 is 1.82 bits per heavy atom. The number of benzene rings is 3. The minimum atomic E-state index is -3.85. The quantitative estimate of drug-likeness (QED) is 0.349. The summed E-state index contributed by atoms with van der Waals surface area (Å²) in [6, 6.07) is 19.9. The van der Waals surface area contributed by atoms with E-state index in [4.69, 9.17) is 4.74 Å². The predicted molar refractivity (Wildman–Crippen MR) is 139 cm³/mol. The number of carbonyl (C=O) groups is 1. The van der Waals surface area contributed by atoms with Crippen LogP contribution in [0.1, 0.15) is 27.7 Å². The van der Waals surface area contributed by atoms with Gasteiger partial charge < -0.3 is 10.1 Å². The number of aryl methyl sites for hydroxylation is 2. The summed E-state index contributed by atoms with van der Waals surface area (Å²) in [6.45, 7) is 3.88. The van der Waals surface area contributed by atoms with Crippen molar-refractivity contribution in [3.8, 4) is 5.75 Å². The lowest BCUT2D eigenvalue weighted by atomic mass is 10.1. The molecule has 0 saturated carbocycles. The number of carbonyl (C=O) groups excluding carboxylic acids is 1. The van der Waals surface area contributed by atoms with Gasteiger partial charge in [-0.15, -0.1) is 11.3 Å². The van der Waals surface area contributed by atoms with Crippen LogP contribution in [0, 0.1) is 6.92 Å². The Bertz CT molecular complexity index is 1480. The fraction of sp³-hybridized carbons (Fsp3) is 0.192. The third-order valence-corrected chi connectivity index (χ3v) is 8.61. The van der Waals surface area contributed by atoms with Gasteiger partial charge in [-0.3, -0.25) is 9.10 Å². The molecule has 0 bridgehead atoms. The van der Waals surface area contributed by atoms with Gasteiger partial charge in [0.25, 0.3) is 15.9 Å². The van der Waals surface area contributed by atoms with Crippen LogP contribution in [0.15, 0.2) is 71.6 Å². The van der Waals surface area contributed by atoms with E-state index in [0.29, 0.717) is 16.3 Å². The molecule has 0 unspecified atom stereocenters. The molecule has 4 aromatic rings. The summed E-state index contributed by atoms with van der Waals surface area (Å²) in [4.78, 5) is 13.6. The zero-order chi connectivity index (χ0) is 24.5. The lowest BCUT2D eigenvalue weighted by Gasteiger charge is -2.21. The van der Waals surface area contributed by atoms with Gasteiger partial charge in [0.15, 0.2) is 0 Å². The molecule has 0 radical (unpaired) electrons. The molecule has 3 aromatic carbocycles. The summed E-state index contributed by atoms with van der Waals surface area (Å²) in [7, 11) is -0.887. The van der Waals surface area contributed by atoms with Gasteiger partial charge in [0.05, 0.1) is 17.7 Å². The molecule has 34 heavy (non-hydrogen) atoms. The Morgan fingerprint density at radius 1 is 1.06 bits per heavy atom. The van der Waals surface area contributed by atoms with Crippen molar-refractivity contribution in [1.82, 2.24) is 0 Å². The summed E-state index contributed by atoms with van der Waals surface area (Å²) >= 11 is 1.37. The molecule has 8 heteroatoms. The molecule has 0 saturated heterocycles. The number of sulfonamides is 1.